The van der Waals surface area contributed by atoms with E-state index in [1.807, 2.05) is 73.7 Å². The van der Waals surface area contributed by atoms with E-state index in [-0.39, 0.29) is 18.5 Å². The highest BCUT2D eigenvalue weighted by molar-refractivity contribution is 6.07. The summed E-state index contributed by atoms with van der Waals surface area (Å²) in [5.41, 5.74) is 1.78. The molecule has 1 heterocycles. The lowest BCUT2D eigenvalue weighted by Gasteiger charge is -2.23. The number of hydrogen-bond acceptors (Lipinski definition) is 2. The molecule has 0 bridgehead atoms. The summed E-state index contributed by atoms with van der Waals surface area (Å²) >= 11 is 0. The molecule has 1 saturated heterocycles. The zero-order valence-corrected chi connectivity index (χ0v) is 14.8. The number of aryl methyl sites for hydroxylation is 1. The van der Waals surface area contributed by atoms with Gasteiger partial charge in [0.05, 0.1) is 6.54 Å². The Morgan fingerprint density at radius 2 is 1.62 bits per heavy atom. The number of nitrogens with one attached hydrogen (secondary N) is 1. The van der Waals surface area contributed by atoms with Crippen LogP contribution in [0.1, 0.15) is 23.6 Å². The second-order valence-corrected chi connectivity index (χ2v) is 6.93. The van der Waals surface area contributed by atoms with E-state index in [0.717, 1.165) is 27.5 Å². The van der Waals surface area contributed by atoms with Crippen LogP contribution in [-0.4, -0.2) is 16.8 Å². The van der Waals surface area contributed by atoms with Crippen LogP contribution in [0.3, 0.4) is 0 Å². The Labute approximate surface area is 152 Å². The van der Waals surface area contributed by atoms with Gasteiger partial charge in [0, 0.05) is 0 Å². The van der Waals surface area contributed by atoms with Gasteiger partial charge in [-0.25, -0.2) is 4.79 Å². The van der Waals surface area contributed by atoms with Gasteiger partial charge in [0.2, 0.25) is 0 Å². The highest BCUT2D eigenvalue weighted by Gasteiger charge is 2.48. The molecule has 0 unspecified atom stereocenters. The maximum atomic E-state index is 13.1. The van der Waals surface area contributed by atoms with Crippen molar-refractivity contribution in [3.63, 3.8) is 0 Å². The standard InChI is InChI=1S/C22H20N2O2/c1-15-7-3-4-10-18(15)14-24-20(25)22(2,23-21(24)26)19-12-11-16-8-5-6-9-17(16)13-19/h3-13H,14H2,1-2H3,(H,23,26)/t22-/m1/s1. The first-order valence-electron chi connectivity index (χ1n) is 8.67. The molecular weight excluding hydrogens is 324 g/mol. The third-order valence-electron chi connectivity index (χ3n) is 5.19. The summed E-state index contributed by atoms with van der Waals surface area (Å²) < 4.78 is 0. The maximum Gasteiger partial charge on any atom is 0.325 e. The largest absolute Gasteiger partial charge is 0.325 e. The van der Waals surface area contributed by atoms with Crippen LogP contribution in [-0.2, 0) is 16.9 Å². The summed E-state index contributed by atoms with van der Waals surface area (Å²) in [6, 6.07) is 21.3. The quantitative estimate of drug-likeness (QED) is 0.727. The average molecular weight is 344 g/mol. The molecule has 0 aromatic heterocycles. The summed E-state index contributed by atoms with van der Waals surface area (Å²) in [6.07, 6.45) is 0. The Hall–Kier alpha value is -3.14. The molecule has 4 rings (SSSR count). The van der Waals surface area contributed by atoms with Gasteiger partial charge in [-0.1, -0.05) is 60.7 Å². The molecule has 0 radical (unpaired) electrons. The van der Waals surface area contributed by atoms with Crippen LogP contribution in [0.2, 0.25) is 0 Å². The molecule has 4 nitrogen and oxygen atoms in total. The minimum Gasteiger partial charge on any atom is -0.319 e. The first-order chi connectivity index (χ1) is 12.5. The number of benzene rings is 3. The van der Waals surface area contributed by atoms with Crippen molar-refractivity contribution in [1.29, 1.82) is 0 Å². The van der Waals surface area contributed by atoms with E-state index in [1.165, 1.54) is 4.90 Å². The van der Waals surface area contributed by atoms with E-state index in [0.29, 0.717) is 0 Å². The molecule has 3 aromatic carbocycles. The van der Waals surface area contributed by atoms with E-state index in [2.05, 4.69) is 5.32 Å². The van der Waals surface area contributed by atoms with E-state index >= 15 is 0 Å². The van der Waals surface area contributed by atoms with Gasteiger partial charge in [-0.05, 0) is 47.4 Å². The smallest absolute Gasteiger partial charge is 0.319 e. The van der Waals surface area contributed by atoms with E-state index in [1.54, 1.807) is 6.92 Å². The summed E-state index contributed by atoms with van der Waals surface area (Å²) in [5, 5.41) is 5.04. The predicted molar refractivity (Wildman–Crippen MR) is 102 cm³/mol. The van der Waals surface area contributed by atoms with Gasteiger partial charge in [-0.2, -0.15) is 0 Å². The highest BCUT2D eigenvalue weighted by Crippen LogP contribution is 2.32. The summed E-state index contributed by atoms with van der Waals surface area (Å²) in [4.78, 5) is 27.0. The topological polar surface area (TPSA) is 49.4 Å². The third-order valence-corrected chi connectivity index (χ3v) is 5.19. The van der Waals surface area contributed by atoms with Crippen molar-refractivity contribution in [2.24, 2.45) is 0 Å². The van der Waals surface area contributed by atoms with E-state index in [4.69, 9.17) is 0 Å². The van der Waals surface area contributed by atoms with Crippen molar-refractivity contribution >= 4 is 22.7 Å². The lowest BCUT2D eigenvalue weighted by Crippen LogP contribution is -2.40. The maximum absolute atomic E-state index is 13.1. The number of imide groups is 1. The minimum atomic E-state index is -1.05. The molecule has 1 aliphatic rings. The van der Waals surface area contributed by atoms with Gasteiger partial charge in [-0.15, -0.1) is 0 Å². The minimum absolute atomic E-state index is 0.221. The summed E-state index contributed by atoms with van der Waals surface area (Å²) in [6.45, 7) is 4.03. The molecular formula is C22H20N2O2. The molecule has 1 atom stereocenters. The van der Waals surface area contributed by atoms with Gasteiger partial charge in [0.25, 0.3) is 5.91 Å². The fourth-order valence-electron chi connectivity index (χ4n) is 3.49. The van der Waals surface area contributed by atoms with Crippen LogP contribution >= 0.6 is 0 Å². The van der Waals surface area contributed by atoms with Crippen LogP contribution in [0.25, 0.3) is 10.8 Å². The van der Waals surface area contributed by atoms with E-state index in [9.17, 15) is 9.59 Å². The molecule has 26 heavy (non-hydrogen) atoms. The molecule has 3 amide bonds. The summed E-state index contributed by atoms with van der Waals surface area (Å²) in [7, 11) is 0. The first kappa shape index (κ1) is 16.3. The Morgan fingerprint density at radius 3 is 2.38 bits per heavy atom. The fraction of sp³-hybridized carbons (Fsp3) is 0.182. The molecule has 1 N–H and O–H groups in total. The zero-order valence-electron chi connectivity index (χ0n) is 14.8. The van der Waals surface area contributed by atoms with Crippen LogP contribution < -0.4 is 5.32 Å². The number of urea groups is 1. The number of nitrogens with zero attached hydrogens (tertiary/aromatic N) is 1. The summed E-state index contributed by atoms with van der Waals surface area (Å²) in [5.74, 6) is -0.221. The van der Waals surface area contributed by atoms with Gasteiger partial charge < -0.3 is 5.32 Å². The van der Waals surface area contributed by atoms with Crippen molar-refractivity contribution in [3.8, 4) is 0 Å². The molecule has 1 fully saturated rings. The fourth-order valence-corrected chi connectivity index (χ4v) is 3.49. The van der Waals surface area contributed by atoms with E-state index < -0.39 is 5.54 Å². The first-order valence-corrected chi connectivity index (χ1v) is 8.67. The van der Waals surface area contributed by atoms with Crippen molar-refractivity contribution in [2.75, 3.05) is 0 Å². The number of rotatable bonds is 3. The van der Waals surface area contributed by atoms with Crippen LogP contribution in [0, 0.1) is 6.92 Å². The highest BCUT2D eigenvalue weighted by atomic mass is 16.2. The molecule has 0 saturated carbocycles. The second-order valence-electron chi connectivity index (χ2n) is 6.93. The van der Waals surface area contributed by atoms with Gasteiger partial charge >= 0.3 is 6.03 Å². The lowest BCUT2D eigenvalue weighted by molar-refractivity contribution is -0.131. The number of carbonyl (C=O) groups excluding carboxylic acids is 2. The normalized spacial score (nSPS) is 19.8. The van der Waals surface area contributed by atoms with Crippen molar-refractivity contribution in [3.05, 3.63) is 83.4 Å². The molecule has 130 valence electrons. The second kappa shape index (κ2) is 5.99. The molecule has 0 spiro atoms. The molecule has 0 aliphatic carbocycles. The monoisotopic (exact) mass is 344 g/mol. The number of carbonyl (C=O) groups is 2. The Balaban J connectivity index is 1.69. The average Bonchev–Trinajstić information content (AvgIpc) is 2.87. The predicted octanol–water partition coefficient (Wildman–Crippen LogP) is 4.12. The Morgan fingerprint density at radius 1 is 0.923 bits per heavy atom. The van der Waals surface area contributed by atoms with Gasteiger partial charge in [0.1, 0.15) is 5.54 Å². The number of fused-ring (bicyclic) bond motifs is 1. The molecule has 4 heteroatoms. The SMILES string of the molecule is Cc1ccccc1CN1C(=O)N[C@](C)(c2ccc3ccccc3c2)C1=O. The molecule has 1 aliphatic heterocycles. The van der Waals surface area contributed by atoms with Crippen LogP contribution in [0.15, 0.2) is 66.7 Å². The Kier molecular flexibility index (Phi) is 3.76. The number of amides is 3. The molecule has 3 aromatic rings. The van der Waals surface area contributed by atoms with Crippen LogP contribution in [0.4, 0.5) is 4.79 Å². The number of hydrogen-bond donors (Lipinski definition) is 1. The Bertz CT molecular complexity index is 1030. The third kappa shape index (κ3) is 2.54. The zero-order chi connectivity index (χ0) is 18.3. The van der Waals surface area contributed by atoms with Crippen molar-refractivity contribution in [2.45, 2.75) is 25.9 Å². The van der Waals surface area contributed by atoms with Crippen molar-refractivity contribution < 1.29 is 9.59 Å². The van der Waals surface area contributed by atoms with Gasteiger partial charge in [-0.3, -0.25) is 9.69 Å². The van der Waals surface area contributed by atoms with Crippen LogP contribution in [0.5, 0.6) is 0 Å². The van der Waals surface area contributed by atoms with Crippen molar-refractivity contribution in [1.82, 2.24) is 10.2 Å². The lowest BCUT2D eigenvalue weighted by atomic mass is 9.90. The van der Waals surface area contributed by atoms with Gasteiger partial charge in [0.15, 0.2) is 0 Å².